The standard InChI is InChI=1S/C16H21N3OS/c1-11(2)12-6-8-13(9-7-12)17-16(21)19-18-14-4-3-5-15(20)10-14/h6-9,11H,3-5,10H2,1-2H3,(H2,17,19,21)/b18-14-. The van der Waals surface area contributed by atoms with E-state index in [1.54, 1.807) is 0 Å². The molecule has 1 aliphatic rings. The van der Waals surface area contributed by atoms with Crippen molar-refractivity contribution in [2.24, 2.45) is 5.10 Å². The lowest BCUT2D eigenvalue weighted by molar-refractivity contribution is -0.118. The van der Waals surface area contributed by atoms with Crippen LogP contribution in [0.2, 0.25) is 0 Å². The second-order valence-electron chi connectivity index (χ2n) is 5.59. The molecule has 1 saturated carbocycles. The first-order valence-corrected chi connectivity index (χ1v) is 7.69. The van der Waals surface area contributed by atoms with Crippen LogP contribution in [0.5, 0.6) is 0 Å². The summed E-state index contributed by atoms with van der Waals surface area (Å²) in [4.78, 5) is 11.3. The number of hydrogen-bond donors (Lipinski definition) is 2. The highest BCUT2D eigenvalue weighted by Gasteiger charge is 2.14. The molecule has 0 radical (unpaired) electrons. The first kappa shape index (κ1) is 15.6. The number of hydrogen-bond acceptors (Lipinski definition) is 3. The van der Waals surface area contributed by atoms with Gasteiger partial charge in [-0.05, 0) is 48.7 Å². The second kappa shape index (κ2) is 7.31. The zero-order valence-corrected chi connectivity index (χ0v) is 13.3. The molecule has 1 fully saturated rings. The smallest absolute Gasteiger partial charge is 0.191 e. The van der Waals surface area contributed by atoms with Gasteiger partial charge in [-0.1, -0.05) is 26.0 Å². The molecule has 1 aliphatic carbocycles. The SMILES string of the molecule is CC(C)c1ccc(NC(=S)N/N=C2/CCCC(=O)C2)cc1. The number of anilines is 1. The molecule has 0 amide bonds. The summed E-state index contributed by atoms with van der Waals surface area (Å²) in [6.45, 7) is 4.33. The predicted octanol–water partition coefficient (Wildman–Crippen LogP) is 3.60. The topological polar surface area (TPSA) is 53.5 Å². The molecule has 0 unspecified atom stereocenters. The number of benzene rings is 1. The average Bonchev–Trinajstić information content (AvgIpc) is 2.46. The molecule has 2 rings (SSSR count). The van der Waals surface area contributed by atoms with Gasteiger partial charge in [-0.15, -0.1) is 0 Å². The van der Waals surface area contributed by atoms with Crippen molar-refractivity contribution >= 4 is 34.5 Å². The number of carbonyl (C=O) groups is 1. The van der Waals surface area contributed by atoms with Gasteiger partial charge in [-0.2, -0.15) is 5.10 Å². The van der Waals surface area contributed by atoms with Crippen molar-refractivity contribution in [1.82, 2.24) is 5.43 Å². The maximum absolute atomic E-state index is 11.3. The van der Waals surface area contributed by atoms with Crippen molar-refractivity contribution in [3.63, 3.8) is 0 Å². The van der Waals surface area contributed by atoms with Crippen LogP contribution in [0, 0.1) is 0 Å². The molecule has 0 spiro atoms. The molecule has 1 aromatic carbocycles. The molecule has 0 bridgehead atoms. The van der Waals surface area contributed by atoms with E-state index in [1.807, 2.05) is 12.1 Å². The summed E-state index contributed by atoms with van der Waals surface area (Å²) >= 11 is 5.20. The fourth-order valence-corrected chi connectivity index (χ4v) is 2.39. The van der Waals surface area contributed by atoms with Crippen molar-refractivity contribution in [2.45, 2.75) is 45.4 Å². The van der Waals surface area contributed by atoms with Crippen LogP contribution < -0.4 is 10.7 Å². The zero-order chi connectivity index (χ0) is 15.2. The number of ketones is 1. The first-order valence-electron chi connectivity index (χ1n) is 7.28. The molecule has 1 aromatic rings. The summed E-state index contributed by atoms with van der Waals surface area (Å²) in [5.41, 5.74) is 5.91. The summed E-state index contributed by atoms with van der Waals surface area (Å²) in [7, 11) is 0. The van der Waals surface area contributed by atoms with Gasteiger partial charge in [0.25, 0.3) is 0 Å². The lowest BCUT2D eigenvalue weighted by Gasteiger charge is -2.13. The molecule has 0 atom stereocenters. The van der Waals surface area contributed by atoms with E-state index in [4.69, 9.17) is 12.2 Å². The Morgan fingerprint density at radius 1 is 1.24 bits per heavy atom. The van der Waals surface area contributed by atoms with Crippen LogP contribution in [0.1, 0.15) is 51.0 Å². The number of Topliss-reactive ketones (excluding diaryl/α,β-unsaturated/α-hetero) is 1. The number of hydrazone groups is 1. The Labute approximate surface area is 131 Å². The van der Waals surface area contributed by atoms with Crippen molar-refractivity contribution in [3.05, 3.63) is 29.8 Å². The number of carbonyl (C=O) groups excluding carboxylic acids is 1. The molecule has 5 heteroatoms. The van der Waals surface area contributed by atoms with Crippen LogP contribution in [0.3, 0.4) is 0 Å². The maximum Gasteiger partial charge on any atom is 0.191 e. The van der Waals surface area contributed by atoms with Crippen LogP contribution in [-0.4, -0.2) is 16.6 Å². The van der Waals surface area contributed by atoms with E-state index in [9.17, 15) is 4.79 Å². The Hall–Kier alpha value is -1.75. The fraction of sp³-hybridized carbons (Fsp3) is 0.438. The Morgan fingerprint density at radius 3 is 2.57 bits per heavy atom. The summed E-state index contributed by atoms with van der Waals surface area (Å²) in [6, 6.07) is 8.17. The Kier molecular flexibility index (Phi) is 5.44. The Bertz CT molecular complexity index is 549. The molecular weight excluding hydrogens is 282 g/mol. The van der Waals surface area contributed by atoms with Gasteiger partial charge in [0.2, 0.25) is 0 Å². The molecule has 0 heterocycles. The monoisotopic (exact) mass is 303 g/mol. The fourth-order valence-electron chi connectivity index (χ4n) is 2.23. The van der Waals surface area contributed by atoms with Gasteiger partial charge in [-0.25, -0.2) is 0 Å². The minimum atomic E-state index is 0.255. The maximum atomic E-state index is 11.3. The van der Waals surface area contributed by atoms with Crippen LogP contribution in [0.25, 0.3) is 0 Å². The van der Waals surface area contributed by atoms with Gasteiger partial charge in [0.15, 0.2) is 5.11 Å². The van der Waals surface area contributed by atoms with E-state index in [0.29, 0.717) is 23.9 Å². The largest absolute Gasteiger partial charge is 0.331 e. The van der Waals surface area contributed by atoms with E-state index in [2.05, 4.69) is 41.8 Å². The molecule has 0 aromatic heterocycles. The van der Waals surface area contributed by atoms with Gasteiger partial charge < -0.3 is 5.32 Å². The second-order valence-corrected chi connectivity index (χ2v) is 6.00. The van der Waals surface area contributed by atoms with Crippen LogP contribution >= 0.6 is 12.2 Å². The summed E-state index contributed by atoms with van der Waals surface area (Å²) in [5, 5.41) is 7.75. The molecule has 0 aliphatic heterocycles. The van der Waals surface area contributed by atoms with Crippen molar-refractivity contribution in [2.75, 3.05) is 5.32 Å². The van der Waals surface area contributed by atoms with E-state index in [-0.39, 0.29) is 5.78 Å². The van der Waals surface area contributed by atoms with E-state index in [0.717, 1.165) is 24.2 Å². The molecule has 2 N–H and O–H groups in total. The van der Waals surface area contributed by atoms with Gasteiger partial charge in [0, 0.05) is 24.2 Å². The Morgan fingerprint density at radius 2 is 1.95 bits per heavy atom. The van der Waals surface area contributed by atoms with Crippen molar-refractivity contribution in [1.29, 1.82) is 0 Å². The zero-order valence-electron chi connectivity index (χ0n) is 12.5. The third-order valence-corrected chi connectivity index (χ3v) is 3.67. The van der Waals surface area contributed by atoms with Gasteiger partial charge in [0.1, 0.15) is 5.78 Å². The summed E-state index contributed by atoms with van der Waals surface area (Å²) in [6.07, 6.45) is 2.86. The lowest BCUT2D eigenvalue weighted by atomic mass is 9.97. The van der Waals surface area contributed by atoms with Gasteiger partial charge >= 0.3 is 0 Å². The van der Waals surface area contributed by atoms with Gasteiger partial charge in [-0.3, -0.25) is 10.2 Å². The minimum absolute atomic E-state index is 0.255. The molecule has 112 valence electrons. The minimum Gasteiger partial charge on any atom is -0.331 e. The normalized spacial score (nSPS) is 17.1. The lowest BCUT2D eigenvalue weighted by Crippen LogP contribution is -2.26. The molecule has 4 nitrogen and oxygen atoms in total. The number of nitrogens with zero attached hydrogens (tertiary/aromatic N) is 1. The predicted molar refractivity (Wildman–Crippen MR) is 90.8 cm³/mol. The van der Waals surface area contributed by atoms with Crippen LogP contribution in [-0.2, 0) is 4.79 Å². The van der Waals surface area contributed by atoms with Crippen LogP contribution in [0.4, 0.5) is 5.69 Å². The molecule has 0 saturated heterocycles. The van der Waals surface area contributed by atoms with Gasteiger partial charge in [0.05, 0.1) is 0 Å². The van der Waals surface area contributed by atoms with Crippen molar-refractivity contribution < 1.29 is 4.79 Å². The first-order chi connectivity index (χ1) is 10.0. The highest BCUT2D eigenvalue weighted by atomic mass is 32.1. The van der Waals surface area contributed by atoms with Crippen LogP contribution in [0.15, 0.2) is 29.4 Å². The van der Waals surface area contributed by atoms with E-state index < -0.39 is 0 Å². The van der Waals surface area contributed by atoms with E-state index >= 15 is 0 Å². The highest BCUT2D eigenvalue weighted by Crippen LogP contribution is 2.17. The Balaban J connectivity index is 1.86. The molecule has 21 heavy (non-hydrogen) atoms. The third kappa shape index (κ3) is 4.93. The quantitative estimate of drug-likeness (QED) is 0.662. The van der Waals surface area contributed by atoms with Crippen molar-refractivity contribution in [3.8, 4) is 0 Å². The average molecular weight is 303 g/mol. The number of rotatable bonds is 3. The highest BCUT2D eigenvalue weighted by molar-refractivity contribution is 7.80. The summed E-state index contributed by atoms with van der Waals surface area (Å²) in [5.74, 6) is 0.768. The molecular formula is C16H21N3OS. The summed E-state index contributed by atoms with van der Waals surface area (Å²) < 4.78 is 0. The van der Waals surface area contributed by atoms with E-state index in [1.165, 1.54) is 5.56 Å². The number of nitrogens with one attached hydrogen (secondary N) is 2. The number of thiocarbonyl (C=S) groups is 1. The third-order valence-electron chi connectivity index (χ3n) is 3.47.